The zero-order chi connectivity index (χ0) is 40.6. The van der Waals surface area contributed by atoms with Crippen LogP contribution in [-0.4, -0.2) is 77.6 Å². The molecule has 1 saturated carbocycles. The molecule has 1 aliphatic rings. The Balaban J connectivity index is 1.57. The van der Waals surface area contributed by atoms with E-state index in [1.54, 1.807) is 25.8 Å². The zero-order valence-electron chi connectivity index (χ0n) is 33.6. The van der Waals surface area contributed by atoms with Gasteiger partial charge in [0.1, 0.15) is 11.6 Å². The molecular formula is C43H59N5O7. The molecule has 0 heterocycles. The summed E-state index contributed by atoms with van der Waals surface area (Å²) in [5.41, 5.74) is 4.90. The molecule has 0 aliphatic heterocycles. The minimum atomic E-state index is -1.14. The van der Waals surface area contributed by atoms with E-state index in [0.717, 1.165) is 22.3 Å². The number of benzene rings is 3. The summed E-state index contributed by atoms with van der Waals surface area (Å²) in [5.74, 6) is -1.17. The minimum Gasteiger partial charge on any atom is -0.453 e. The van der Waals surface area contributed by atoms with Crippen molar-refractivity contribution in [2.24, 2.45) is 16.7 Å². The van der Waals surface area contributed by atoms with Gasteiger partial charge >= 0.3 is 12.2 Å². The van der Waals surface area contributed by atoms with Gasteiger partial charge in [0.15, 0.2) is 0 Å². The first-order valence-corrected chi connectivity index (χ1v) is 18.8. The zero-order valence-corrected chi connectivity index (χ0v) is 33.6. The van der Waals surface area contributed by atoms with Crippen molar-refractivity contribution in [3.8, 4) is 11.1 Å². The van der Waals surface area contributed by atoms with Crippen molar-refractivity contribution < 1.29 is 33.8 Å². The lowest BCUT2D eigenvalue weighted by Crippen LogP contribution is -2.64. The van der Waals surface area contributed by atoms with E-state index < -0.39 is 58.6 Å². The Kier molecular flexibility index (Phi) is 14.1. The maximum absolute atomic E-state index is 13.9. The minimum absolute atomic E-state index is 0.0596. The number of methoxy groups -OCH3 is 1. The summed E-state index contributed by atoms with van der Waals surface area (Å²) in [5, 5.41) is 22.2. The molecule has 4 amide bonds. The molecule has 12 nitrogen and oxygen atoms in total. The molecule has 3 aromatic rings. The summed E-state index contributed by atoms with van der Waals surface area (Å²) in [6.45, 7) is 14.9. The fourth-order valence-electron chi connectivity index (χ4n) is 6.73. The summed E-state index contributed by atoms with van der Waals surface area (Å²) in [6.07, 6.45) is -1.69. The number of carbonyl (C=O) groups excluding carboxylic acids is 4. The third kappa shape index (κ3) is 12.3. The Bertz CT molecular complexity index is 1740. The molecule has 0 saturated heterocycles. The smallest absolute Gasteiger partial charge is 0.407 e. The highest BCUT2D eigenvalue weighted by atomic mass is 16.6. The van der Waals surface area contributed by atoms with Gasteiger partial charge in [-0.1, -0.05) is 120 Å². The van der Waals surface area contributed by atoms with Gasteiger partial charge in [0.25, 0.3) is 5.91 Å². The average molecular weight is 758 g/mol. The molecule has 1 aliphatic carbocycles. The standard InChI is InChI=1S/C43H59N5O7/c1-41(2,3)36(46-39(52)54-9)38(51)47-48(26-29-20-22-31(23-21-29)30-18-14-11-15-19-30)27-34(49)33(24-28-16-12-10-13-17-28)44-37(50)32-25-35(43(32,7)8)45-40(53)55-42(4,5)6/h10-23,32-36,49H,24-27H2,1-9H3,(H,44,50)(H,45,53)(H,46,52)(H,47,51)/t32-,33+,34-,35-,36-/m1/s1. The van der Waals surface area contributed by atoms with E-state index in [0.29, 0.717) is 12.8 Å². The van der Waals surface area contributed by atoms with Crippen molar-refractivity contribution in [1.29, 1.82) is 0 Å². The van der Waals surface area contributed by atoms with Gasteiger partial charge in [0, 0.05) is 25.0 Å². The summed E-state index contributed by atoms with van der Waals surface area (Å²) < 4.78 is 10.2. The van der Waals surface area contributed by atoms with Gasteiger partial charge in [0.05, 0.1) is 19.3 Å². The molecule has 3 aromatic carbocycles. The summed E-state index contributed by atoms with van der Waals surface area (Å²) in [6, 6.07) is 25.5. The average Bonchev–Trinajstić information content (AvgIpc) is 3.11. The third-order valence-corrected chi connectivity index (χ3v) is 10.1. The maximum atomic E-state index is 13.9. The third-order valence-electron chi connectivity index (χ3n) is 10.1. The highest BCUT2D eigenvalue weighted by molar-refractivity contribution is 5.86. The Labute approximate surface area is 325 Å². The van der Waals surface area contributed by atoms with Crippen LogP contribution in [-0.2, 0) is 32.0 Å². The first kappa shape index (κ1) is 42.8. The van der Waals surface area contributed by atoms with Crippen LogP contribution in [0.25, 0.3) is 11.1 Å². The van der Waals surface area contributed by atoms with E-state index in [4.69, 9.17) is 9.47 Å². The Morgan fingerprint density at radius 3 is 1.95 bits per heavy atom. The SMILES string of the molecule is COC(=O)N[C@H](C(=O)NN(Cc1ccc(-c2ccccc2)cc1)C[C@@H](O)[C@H](Cc1ccccc1)NC(=O)[C@H]1C[C@@H](NC(=O)OC(C)(C)C)C1(C)C)C(C)(C)C. The number of hydrogen-bond donors (Lipinski definition) is 5. The van der Waals surface area contributed by atoms with Gasteiger partial charge in [-0.2, -0.15) is 0 Å². The van der Waals surface area contributed by atoms with E-state index in [1.807, 2.05) is 120 Å². The molecule has 0 radical (unpaired) electrons. The van der Waals surface area contributed by atoms with Gasteiger partial charge < -0.3 is 30.5 Å². The molecule has 55 heavy (non-hydrogen) atoms. The van der Waals surface area contributed by atoms with Crippen LogP contribution in [0.3, 0.4) is 0 Å². The van der Waals surface area contributed by atoms with Crippen molar-refractivity contribution in [3.05, 3.63) is 96.1 Å². The van der Waals surface area contributed by atoms with E-state index in [-0.39, 0.29) is 25.0 Å². The molecular weight excluding hydrogens is 699 g/mol. The lowest BCUT2D eigenvalue weighted by atomic mass is 9.58. The number of aliphatic hydroxyl groups is 1. The Morgan fingerprint density at radius 2 is 1.40 bits per heavy atom. The van der Waals surface area contributed by atoms with E-state index in [1.165, 1.54) is 7.11 Å². The number of hydrogen-bond acceptors (Lipinski definition) is 8. The Hall–Kier alpha value is -4.94. The molecule has 0 spiro atoms. The first-order chi connectivity index (χ1) is 25.8. The van der Waals surface area contributed by atoms with E-state index >= 15 is 0 Å². The highest BCUT2D eigenvalue weighted by Crippen LogP contribution is 2.46. The quantitative estimate of drug-likeness (QED) is 0.126. The highest BCUT2D eigenvalue weighted by Gasteiger charge is 2.53. The molecule has 5 atom stereocenters. The van der Waals surface area contributed by atoms with Crippen LogP contribution in [0, 0.1) is 16.7 Å². The summed E-state index contributed by atoms with van der Waals surface area (Å²) in [4.78, 5) is 52.6. The van der Waals surface area contributed by atoms with Crippen LogP contribution in [0.1, 0.15) is 72.9 Å². The second-order valence-corrected chi connectivity index (χ2v) is 17.0. The van der Waals surface area contributed by atoms with Crippen molar-refractivity contribution in [3.63, 3.8) is 0 Å². The van der Waals surface area contributed by atoms with E-state index in [2.05, 4.69) is 21.4 Å². The second kappa shape index (κ2) is 18.1. The van der Waals surface area contributed by atoms with Gasteiger partial charge in [-0.05, 0) is 66.7 Å². The predicted molar refractivity (Wildman–Crippen MR) is 212 cm³/mol. The molecule has 4 rings (SSSR count). The number of carbonyl (C=O) groups is 4. The lowest BCUT2D eigenvalue weighted by Gasteiger charge is -2.51. The fraction of sp³-hybridized carbons (Fsp3) is 0.488. The molecule has 0 aromatic heterocycles. The predicted octanol–water partition coefficient (Wildman–Crippen LogP) is 5.99. The number of aliphatic hydroxyl groups excluding tert-OH is 1. The maximum Gasteiger partial charge on any atom is 0.407 e. The van der Waals surface area contributed by atoms with Gasteiger partial charge in [-0.15, -0.1) is 0 Å². The normalized spacial score (nSPS) is 18.2. The molecule has 12 heteroatoms. The van der Waals surface area contributed by atoms with Crippen molar-refractivity contribution >= 4 is 24.0 Å². The number of ether oxygens (including phenoxy) is 2. The van der Waals surface area contributed by atoms with Crippen LogP contribution in [0.2, 0.25) is 0 Å². The molecule has 298 valence electrons. The van der Waals surface area contributed by atoms with Crippen molar-refractivity contribution in [2.45, 2.75) is 105 Å². The van der Waals surface area contributed by atoms with Crippen LogP contribution in [0.4, 0.5) is 9.59 Å². The number of nitrogens with one attached hydrogen (secondary N) is 4. The molecule has 0 bridgehead atoms. The summed E-state index contributed by atoms with van der Waals surface area (Å²) in [7, 11) is 1.23. The number of amides is 4. The van der Waals surface area contributed by atoms with Crippen LogP contribution < -0.4 is 21.4 Å². The monoisotopic (exact) mass is 757 g/mol. The number of rotatable bonds is 14. The van der Waals surface area contributed by atoms with Crippen molar-refractivity contribution in [1.82, 2.24) is 26.4 Å². The number of alkyl carbamates (subject to hydrolysis) is 2. The summed E-state index contributed by atoms with van der Waals surface area (Å²) >= 11 is 0. The Morgan fingerprint density at radius 1 is 0.818 bits per heavy atom. The largest absolute Gasteiger partial charge is 0.453 e. The number of nitrogens with zero attached hydrogens (tertiary/aromatic N) is 1. The second-order valence-electron chi connectivity index (χ2n) is 17.0. The number of hydrazine groups is 1. The van der Waals surface area contributed by atoms with Crippen LogP contribution >= 0.6 is 0 Å². The molecule has 0 unspecified atom stereocenters. The van der Waals surface area contributed by atoms with Gasteiger partial charge in [0.2, 0.25) is 5.91 Å². The lowest BCUT2D eigenvalue weighted by molar-refractivity contribution is -0.139. The van der Waals surface area contributed by atoms with Gasteiger partial charge in [-0.25, -0.2) is 14.6 Å². The van der Waals surface area contributed by atoms with Crippen LogP contribution in [0.15, 0.2) is 84.9 Å². The van der Waals surface area contributed by atoms with Crippen LogP contribution in [0.5, 0.6) is 0 Å². The molecule has 5 N–H and O–H groups in total. The van der Waals surface area contributed by atoms with Crippen molar-refractivity contribution in [2.75, 3.05) is 13.7 Å². The molecule has 1 fully saturated rings. The van der Waals surface area contributed by atoms with E-state index in [9.17, 15) is 24.3 Å². The topological polar surface area (TPSA) is 158 Å². The fourth-order valence-corrected chi connectivity index (χ4v) is 6.73. The van der Waals surface area contributed by atoms with Gasteiger partial charge in [-0.3, -0.25) is 15.0 Å². The first-order valence-electron chi connectivity index (χ1n) is 18.8.